The Hall–Kier alpha value is -1.14. The Morgan fingerprint density at radius 2 is 2.25 bits per heavy atom. The minimum absolute atomic E-state index is 0.0757. The van der Waals surface area contributed by atoms with Crippen molar-refractivity contribution in [1.29, 1.82) is 0 Å². The summed E-state index contributed by atoms with van der Waals surface area (Å²) in [6.07, 6.45) is -1.13. The van der Waals surface area contributed by atoms with E-state index in [1.807, 2.05) is 0 Å². The lowest BCUT2D eigenvalue weighted by Crippen LogP contribution is -2.43. The van der Waals surface area contributed by atoms with Crippen LogP contribution in [0.1, 0.15) is 20.8 Å². The van der Waals surface area contributed by atoms with Gasteiger partial charge in [-0.05, 0) is 20.8 Å². The lowest BCUT2D eigenvalue weighted by molar-refractivity contribution is -0.115. The summed E-state index contributed by atoms with van der Waals surface area (Å²) < 4.78 is 9.79. The molecule has 0 aromatic heterocycles. The molecule has 1 aliphatic heterocycles. The normalized spacial score (nSPS) is 25.8. The van der Waals surface area contributed by atoms with Gasteiger partial charge in [-0.25, -0.2) is 4.79 Å². The minimum atomic E-state index is -1.13. The number of aliphatic hydroxyl groups is 1. The van der Waals surface area contributed by atoms with Crippen LogP contribution in [0.5, 0.6) is 0 Å². The van der Waals surface area contributed by atoms with E-state index in [0.717, 1.165) is 0 Å². The number of ether oxygens (including phenoxy) is 2. The van der Waals surface area contributed by atoms with Crippen LogP contribution < -0.4 is 5.32 Å². The molecule has 92 valence electrons. The molecule has 2 atom stereocenters. The highest BCUT2D eigenvalue weighted by atomic mass is 16.6. The molecule has 2 N–H and O–H groups in total. The lowest BCUT2D eigenvalue weighted by atomic mass is 10.1. The Morgan fingerprint density at radius 1 is 1.69 bits per heavy atom. The number of amides is 1. The molecular weight excluding hydrogens is 214 g/mol. The van der Waals surface area contributed by atoms with Crippen molar-refractivity contribution in [3.05, 3.63) is 0 Å². The van der Waals surface area contributed by atoms with Crippen molar-refractivity contribution in [3.63, 3.8) is 0 Å². The number of carbonyl (C=O) groups excluding carboxylic acids is 2. The highest BCUT2D eigenvalue weighted by Gasteiger charge is 2.51. The molecule has 1 rings (SSSR count). The van der Waals surface area contributed by atoms with E-state index >= 15 is 0 Å². The van der Waals surface area contributed by atoms with Crippen LogP contribution in [0.25, 0.3) is 0 Å². The number of alkyl carbamates (subject to hydrolysis) is 1. The second-order valence-corrected chi connectivity index (χ2v) is 4.76. The van der Waals surface area contributed by atoms with Gasteiger partial charge in [-0.1, -0.05) is 0 Å². The summed E-state index contributed by atoms with van der Waals surface area (Å²) in [5.74, 6) is 0. The van der Waals surface area contributed by atoms with E-state index in [9.17, 15) is 14.7 Å². The Morgan fingerprint density at radius 3 is 2.62 bits per heavy atom. The van der Waals surface area contributed by atoms with Crippen molar-refractivity contribution >= 4 is 12.4 Å². The maximum Gasteiger partial charge on any atom is 0.407 e. The smallest absolute Gasteiger partial charge is 0.407 e. The van der Waals surface area contributed by atoms with Gasteiger partial charge < -0.3 is 19.9 Å². The maximum absolute atomic E-state index is 11.2. The van der Waals surface area contributed by atoms with Crippen LogP contribution in [-0.4, -0.2) is 47.9 Å². The van der Waals surface area contributed by atoms with Gasteiger partial charge in [0.1, 0.15) is 11.7 Å². The zero-order valence-electron chi connectivity index (χ0n) is 9.65. The van der Waals surface area contributed by atoms with Gasteiger partial charge in [0, 0.05) is 0 Å². The van der Waals surface area contributed by atoms with Crippen molar-refractivity contribution in [3.8, 4) is 0 Å². The van der Waals surface area contributed by atoms with Crippen molar-refractivity contribution < 1.29 is 24.2 Å². The molecular formula is C10H17NO5. The SMILES string of the molecule is CC(C)(C)OC(=O)NCC(O)C1(C=O)CO1. The van der Waals surface area contributed by atoms with Crippen molar-refractivity contribution in [2.75, 3.05) is 13.2 Å². The molecule has 1 heterocycles. The van der Waals surface area contributed by atoms with Crippen LogP contribution in [0, 0.1) is 0 Å². The Balaban J connectivity index is 2.29. The molecule has 1 aliphatic rings. The summed E-state index contributed by atoms with van der Waals surface area (Å²) in [4.78, 5) is 21.8. The third-order valence-electron chi connectivity index (χ3n) is 2.08. The number of carbonyl (C=O) groups is 2. The van der Waals surface area contributed by atoms with E-state index in [4.69, 9.17) is 9.47 Å². The van der Waals surface area contributed by atoms with Gasteiger partial charge in [0.2, 0.25) is 0 Å². The third kappa shape index (κ3) is 3.46. The monoisotopic (exact) mass is 231 g/mol. The molecule has 0 saturated carbocycles. The summed E-state index contributed by atoms with van der Waals surface area (Å²) >= 11 is 0. The molecule has 0 radical (unpaired) electrons. The van der Waals surface area contributed by atoms with E-state index in [2.05, 4.69) is 5.32 Å². The molecule has 0 aliphatic carbocycles. The van der Waals surface area contributed by atoms with Gasteiger partial charge >= 0.3 is 6.09 Å². The number of aliphatic hydroxyl groups excluding tert-OH is 1. The molecule has 1 saturated heterocycles. The highest BCUT2D eigenvalue weighted by molar-refractivity contribution is 5.69. The summed E-state index contributed by atoms with van der Waals surface area (Å²) in [5, 5.41) is 11.9. The predicted molar refractivity (Wildman–Crippen MR) is 55.0 cm³/mol. The number of hydrogen-bond donors (Lipinski definition) is 2. The summed E-state index contributed by atoms with van der Waals surface area (Å²) in [7, 11) is 0. The average Bonchev–Trinajstić information content (AvgIpc) is 2.92. The standard InChI is InChI=1S/C10H17NO5/c1-9(2,3)16-8(14)11-4-7(13)10(5-12)6-15-10/h5,7,13H,4,6H2,1-3H3,(H,11,14). The van der Waals surface area contributed by atoms with Gasteiger partial charge in [0.15, 0.2) is 11.9 Å². The van der Waals surface area contributed by atoms with E-state index in [1.165, 1.54) is 0 Å². The fourth-order valence-corrected chi connectivity index (χ4v) is 1.09. The summed E-state index contributed by atoms with van der Waals surface area (Å²) in [6.45, 7) is 5.32. The molecule has 1 fully saturated rings. The second-order valence-electron chi connectivity index (χ2n) is 4.76. The number of rotatable bonds is 4. The van der Waals surface area contributed by atoms with E-state index in [1.54, 1.807) is 20.8 Å². The second kappa shape index (κ2) is 4.39. The van der Waals surface area contributed by atoms with E-state index in [0.29, 0.717) is 6.29 Å². The third-order valence-corrected chi connectivity index (χ3v) is 2.08. The van der Waals surface area contributed by atoms with Crippen molar-refractivity contribution in [1.82, 2.24) is 5.32 Å². The fourth-order valence-electron chi connectivity index (χ4n) is 1.09. The maximum atomic E-state index is 11.2. The number of nitrogens with one attached hydrogen (secondary N) is 1. The number of epoxide rings is 1. The van der Waals surface area contributed by atoms with E-state index in [-0.39, 0.29) is 13.2 Å². The van der Waals surface area contributed by atoms with E-state index < -0.39 is 23.4 Å². The molecule has 0 aromatic carbocycles. The van der Waals surface area contributed by atoms with Crippen LogP contribution in [0.4, 0.5) is 4.79 Å². The van der Waals surface area contributed by atoms with Crippen LogP contribution in [-0.2, 0) is 14.3 Å². The van der Waals surface area contributed by atoms with Gasteiger partial charge in [0.05, 0.1) is 13.2 Å². The topological polar surface area (TPSA) is 88.2 Å². The van der Waals surface area contributed by atoms with Crippen LogP contribution >= 0.6 is 0 Å². The van der Waals surface area contributed by atoms with Gasteiger partial charge in [-0.15, -0.1) is 0 Å². The van der Waals surface area contributed by atoms with Gasteiger partial charge in [-0.3, -0.25) is 4.79 Å². The first-order valence-electron chi connectivity index (χ1n) is 5.04. The molecule has 6 heteroatoms. The highest BCUT2D eigenvalue weighted by Crippen LogP contribution is 2.28. The minimum Gasteiger partial charge on any atom is -0.444 e. The molecule has 0 aromatic rings. The first kappa shape index (κ1) is 12.9. The zero-order valence-corrected chi connectivity index (χ0v) is 9.65. The fraction of sp³-hybridized carbons (Fsp3) is 0.800. The molecule has 6 nitrogen and oxygen atoms in total. The quantitative estimate of drug-likeness (QED) is 0.518. The molecule has 1 amide bonds. The Bertz CT molecular complexity index is 279. The zero-order chi connectivity index (χ0) is 12.4. The largest absolute Gasteiger partial charge is 0.444 e. The molecule has 0 bridgehead atoms. The Labute approximate surface area is 93.9 Å². The number of hydrogen-bond acceptors (Lipinski definition) is 5. The Kier molecular flexibility index (Phi) is 3.54. The molecule has 0 spiro atoms. The summed E-state index contributed by atoms with van der Waals surface area (Å²) in [6, 6.07) is 0. The molecule has 2 unspecified atom stereocenters. The molecule has 16 heavy (non-hydrogen) atoms. The predicted octanol–water partition coefficient (Wildman–Crippen LogP) is -0.160. The average molecular weight is 231 g/mol. The van der Waals surface area contributed by atoms with Crippen LogP contribution in [0.15, 0.2) is 0 Å². The van der Waals surface area contributed by atoms with Gasteiger partial charge in [-0.2, -0.15) is 0 Å². The van der Waals surface area contributed by atoms with Crippen LogP contribution in [0.3, 0.4) is 0 Å². The van der Waals surface area contributed by atoms with Crippen LogP contribution in [0.2, 0.25) is 0 Å². The van der Waals surface area contributed by atoms with Gasteiger partial charge in [0.25, 0.3) is 0 Å². The lowest BCUT2D eigenvalue weighted by Gasteiger charge is -2.21. The van der Waals surface area contributed by atoms with Crippen molar-refractivity contribution in [2.45, 2.75) is 38.1 Å². The first-order valence-corrected chi connectivity index (χ1v) is 5.04. The summed E-state index contributed by atoms with van der Waals surface area (Å²) in [5.41, 5.74) is -1.72. The number of aldehydes is 1. The van der Waals surface area contributed by atoms with Crippen molar-refractivity contribution in [2.24, 2.45) is 0 Å². The first-order chi connectivity index (χ1) is 7.29.